The van der Waals surface area contributed by atoms with Gasteiger partial charge in [0.15, 0.2) is 5.78 Å². The zero-order valence-corrected chi connectivity index (χ0v) is 11.7. The second-order valence-corrected chi connectivity index (χ2v) is 5.11. The summed E-state index contributed by atoms with van der Waals surface area (Å²) in [5, 5.41) is 39.4. The van der Waals surface area contributed by atoms with Gasteiger partial charge in [0.25, 0.3) is 0 Å². The van der Waals surface area contributed by atoms with E-state index in [0.29, 0.717) is 0 Å². The third kappa shape index (κ3) is 2.63. The van der Waals surface area contributed by atoms with Crippen LogP contribution < -0.4 is 0 Å². The molecule has 21 heavy (non-hydrogen) atoms. The SMILES string of the molecule is CC(C)C=CC(=O)c1cc(O)c2c(O)ccc(O)c2c1O. The Hall–Kier alpha value is -2.69. The van der Waals surface area contributed by atoms with Crippen LogP contribution in [0.5, 0.6) is 23.0 Å². The average Bonchev–Trinajstić information content (AvgIpc) is 2.42. The number of rotatable bonds is 3. The largest absolute Gasteiger partial charge is 0.507 e. The molecule has 0 aliphatic rings. The van der Waals surface area contributed by atoms with E-state index in [1.165, 1.54) is 18.2 Å². The number of carbonyl (C=O) groups excluding carboxylic acids is 1. The van der Waals surface area contributed by atoms with E-state index in [9.17, 15) is 25.2 Å². The molecule has 4 N–H and O–H groups in total. The zero-order valence-electron chi connectivity index (χ0n) is 11.7. The van der Waals surface area contributed by atoms with Crippen LogP contribution >= 0.6 is 0 Å². The van der Waals surface area contributed by atoms with Gasteiger partial charge < -0.3 is 20.4 Å². The van der Waals surface area contributed by atoms with Crippen LogP contribution in [-0.4, -0.2) is 26.2 Å². The number of carbonyl (C=O) groups is 1. The van der Waals surface area contributed by atoms with Crippen molar-refractivity contribution in [3.63, 3.8) is 0 Å². The lowest BCUT2D eigenvalue weighted by Crippen LogP contribution is -1.97. The van der Waals surface area contributed by atoms with Crippen molar-refractivity contribution in [2.24, 2.45) is 5.92 Å². The summed E-state index contributed by atoms with van der Waals surface area (Å²) in [6.07, 6.45) is 2.95. The first kappa shape index (κ1) is 14.7. The number of fused-ring (bicyclic) bond motifs is 1. The van der Waals surface area contributed by atoms with Gasteiger partial charge in [-0.25, -0.2) is 0 Å². The summed E-state index contributed by atoms with van der Waals surface area (Å²) in [5.41, 5.74) is -0.141. The fourth-order valence-corrected chi connectivity index (χ4v) is 2.05. The third-order valence-corrected chi connectivity index (χ3v) is 3.09. The van der Waals surface area contributed by atoms with Crippen molar-refractivity contribution in [2.45, 2.75) is 13.8 Å². The Kier molecular flexibility index (Phi) is 3.76. The summed E-state index contributed by atoms with van der Waals surface area (Å²) in [4.78, 5) is 12.1. The van der Waals surface area contributed by atoms with E-state index in [0.717, 1.165) is 6.07 Å². The normalized spacial score (nSPS) is 11.6. The molecule has 0 saturated carbocycles. The summed E-state index contributed by atoms with van der Waals surface area (Å²) in [6, 6.07) is 3.44. The molecular weight excluding hydrogens is 272 g/mol. The van der Waals surface area contributed by atoms with E-state index < -0.39 is 17.3 Å². The minimum atomic E-state index is -0.499. The third-order valence-electron chi connectivity index (χ3n) is 3.09. The van der Waals surface area contributed by atoms with Crippen molar-refractivity contribution in [1.82, 2.24) is 0 Å². The van der Waals surface area contributed by atoms with Crippen molar-refractivity contribution in [3.8, 4) is 23.0 Å². The predicted molar refractivity (Wildman–Crippen MR) is 78.9 cm³/mol. The molecular formula is C16H16O5. The van der Waals surface area contributed by atoms with E-state index in [2.05, 4.69) is 0 Å². The Morgan fingerprint density at radius 3 is 2.14 bits per heavy atom. The Morgan fingerprint density at radius 2 is 1.57 bits per heavy atom. The Labute approximate surface area is 121 Å². The number of allylic oxidation sites excluding steroid dienone is 2. The molecule has 0 radical (unpaired) electrons. The summed E-state index contributed by atoms with van der Waals surface area (Å²) in [7, 11) is 0. The number of ketones is 1. The van der Waals surface area contributed by atoms with Crippen LogP contribution in [0.1, 0.15) is 24.2 Å². The molecule has 2 rings (SSSR count). The molecule has 0 unspecified atom stereocenters. The lowest BCUT2D eigenvalue weighted by Gasteiger charge is -2.11. The Morgan fingerprint density at radius 1 is 1.00 bits per heavy atom. The van der Waals surface area contributed by atoms with Crippen LogP contribution in [0.2, 0.25) is 0 Å². The van der Waals surface area contributed by atoms with Gasteiger partial charge in [-0.05, 0) is 30.2 Å². The fraction of sp³-hybridized carbons (Fsp3) is 0.188. The minimum absolute atomic E-state index is 0.100. The number of benzene rings is 2. The van der Waals surface area contributed by atoms with Gasteiger partial charge in [-0.1, -0.05) is 19.9 Å². The second kappa shape index (κ2) is 5.36. The average molecular weight is 288 g/mol. The maximum atomic E-state index is 12.1. The highest BCUT2D eigenvalue weighted by Gasteiger charge is 2.20. The van der Waals surface area contributed by atoms with Crippen LogP contribution in [0, 0.1) is 5.92 Å². The first-order valence-electron chi connectivity index (χ1n) is 6.45. The molecule has 0 amide bonds. The van der Waals surface area contributed by atoms with Crippen molar-refractivity contribution >= 4 is 16.6 Å². The predicted octanol–water partition coefficient (Wildman–Crippen LogP) is 3.06. The van der Waals surface area contributed by atoms with Crippen LogP contribution in [0.15, 0.2) is 30.4 Å². The molecule has 0 fully saturated rings. The van der Waals surface area contributed by atoms with E-state index in [1.807, 2.05) is 13.8 Å². The minimum Gasteiger partial charge on any atom is -0.507 e. The number of hydrogen-bond acceptors (Lipinski definition) is 5. The van der Waals surface area contributed by atoms with Crippen molar-refractivity contribution in [1.29, 1.82) is 0 Å². The molecule has 0 bridgehead atoms. The van der Waals surface area contributed by atoms with Crippen molar-refractivity contribution < 1.29 is 25.2 Å². The highest BCUT2D eigenvalue weighted by Crippen LogP contribution is 2.44. The standard InChI is InChI=1S/C16H16O5/c1-8(2)3-4-10(17)9-7-13(20)14-11(18)5-6-12(19)15(14)16(9)21/h3-8,18-21H,1-2H3. The maximum absolute atomic E-state index is 12.1. The second-order valence-electron chi connectivity index (χ2n) is 5.11. The van der Waals surface area contributed by atoms with E-state index in [-0.39, 0.29) is 33.8 Å². The monoisotopic (exact) mass is 288 g/mol. The van der Waals surface area contributed by atoms with Crippen LogP contribution in [-0.2, 0) is 0 Å². The fourth-order valence-electron chi connectivity index (χ4n) is 2.05. The molecule has 5 heteroatoms. The van der Waals surface area contributed by atoms with Gasteiger partial charge >= 0.3 is 0 Å². The molecule has 2 aromatic carbocycles. The van der Waals surface area contributed by atoms with Gasteiger partial charge in [0.1, 0.15) is 23.0 Å². The summed E-state index contributed by atoms with van der Waals surface area (Å²) >= 11 is 0. The topological polar surface area (TPSA) is 98.0 Å². The van der Waals surface area contributed by atoms with Gasteiger partial charge in [0.2, 0.25) is 0 Å². The van der Waals surface area contributed by atoms with Crippen LogP contribution in [0.25, 0.3) is 10.8 Å². The number of phenols is 4. The zero-order chi connectivity index (χ0) is 15.7. The van der Waals surface area contributed by atoms with Gasteiger partial charge in [-0.15, -0.1) is 0 Å². The number of phenolic OH excluding ortho intramolecular Hbond substituents is 4. The van der Waals surface area contributed by atoms with Crippen LogP contribution in [0.3, 0.4) is 0 Å². The summed E-state index contributed by atoms with van der Waals surface area (Å²) in [6.45, 7) is 3.79. The van der Waals surface area contributed by atoms with E-state index >= 15 is 0 Å². The lowest BCUT2D eigenvalue weighted by molar-refractivity contribution is 0.104. The first-order valence-corrected chi connectivity index (χ1v) is 6.45. The van der Waals surface area contributed by atoms with Crippen molar-refractivity contribution in [3.05, 3.63) is 35.9 Å². The molecule has 0 aliphatic carbocycles. The maximum Gasteiger partial charge on any atom is 0.189 e. The molecule has 0 aromatic heterocycles. The molecule has 0 atom stereocenters. The molecule has 0 spiro atoms. The summed E-state index contributed by atoms with van der Waals surface area (Å²) < 4.78 is 0. The van der Waals surface area contributed by atoms with Gasteiger partial charge in [-0.2, -0.15) is 0 Å². The quantitative estimate of drug-likeness (QED) is 0.395. The highest BCUT2D eigenvalue weighted by molar-refractivity contribution is 6.13. The summed E-state index contributed by atoms with van der Waals surface area (Å²) in [5.74, 6) is -1.85. The van der Waals surface area contributed by atoms with Crippen molar-refractivity contribution in [2.75, 3.05) is 0 Å². The Balaban J connectivity index is 2.71. The molecule has 0 saturated heterocycles. The van der Waals surface area contributed by atoms with Gasteiger partial charge in [-0.3, -0.25) is 4.79 Å². The van der Waals surface area contributed by atoms with Crippen LogP contribution in [0.4, 0.5) is 0 Å². The van der Waals surface area contributed by atoms with Gasteiger partial charge in [0, 0.05) is 0 Å². The molecule has 110 valence electrons. The molecule has 0 aliphatic heterocycles. The molecule has 2 aromatic rings. The van der Waals surface area contributed by atoms with E-state index in [1.54, 1.807) is 6.08 Å². The number of hydrogen-bond donors (Lipinski definition) is 4. The highest BCUT2D eigenvalue weighted by atomic mass is 16.3. The molecule has 0 heterocycles. The lowest BCUT2D eigenvalue weighted by atomic mass is 9.99. The molecule has 5 nitrogen and oxygen atoms in total. The van der Waals surface area contributed by atoms with Gasteiger partial charge in [0.05, 0.1) is 16.3 Å². The first-order chi connectivity index (χ1) is 9.82. The van der Waals surface area contributed by atoms with E-state index in [4.69, 9.17) is 0 Å². The number of aromatic hydroxyl groups is 4. The smallest absolute Gasteiger partial charge is 0.189 e. The Bertz CT molecular complexity index is 744.